The number of pyridine rings is 1. The Labute approximate surface area is 164 Å². The van der Waals surface area contributed by atoms with Crippen LogP contribution in [0.15, 0.2) is 47.5 Å². The number of halogens is 1. The Balaban J connectivity index is 1.80. The van der Waals surface area contributed by atoms with Crippen LogP contribution in [-0.4, -0.2) is 36.8 Å². The molecular formula is C19H21ClN2O4S. The van der Waals surface area contributed by atoms with Gasteiger partial charge in [0.1, 0.15) is 11.5 Å². The lowest BCUT2D eigenvalue weighted by Crippen LogP contribution is -2.39. The molecule has 1 saturated heterocycles. The van der Waals surface area contributed by atoms with Crippen molar-refractivity contribution in [1.29, 1.82) is 0 Å². The fraction of sp³-hybridized carbons (Fsp3) is 0.368. The molecule has 2 heterocycles. The molecule has 0 saturated carbocycles. The average molecular weight is 409 g/mol. The monoisotopic (exact) mass is 408 g/mol. The van der Waals surface area contributed by atoms with Gasteiger partial charge in [0.15, 0.2) is 0 Å². The van der Waals surface area contributed by atoms with Gasteiger partial charge in [0.2, 0.25) is 10.0 Å². The number of esters is 1. The topological polar surface area (TPSA) is 76.6 Å². The third kappa shape index (κ3) is 4.66. The number of rotatable bonds is 5. The second-order valence-electron chi connectivity index (χ2n) is 6.65. The van der Waals surface area contributed by atoms with Gasteiger partial charge in [0, 0.05) is 19.3 Å². The smallest absolute Gasteiger partial charge is 0.338 e. The van der Waals surface area contributed by atoms with Crippen molar-refractivity contribution in [3.63, 3.8) is 0 Å². The van der Waals surface area contributed by atoms with E-state index < -0.39 is 16.0 Å². The molecular weight excluding hydrogens is 388 g/mol. The quantitative estimate of drug-likeness (QED) is 0.707. The molecule has 0 unspecified atom stereocenters. The van der Waals surface area contributed by atoms with Crippen LogP contribution in [0.4, 0.5) is 0 Å². The molecule has 0 amide bonds. The number of carbonyl (C=O) groups excluding carboxylic acids is 1. The molecule has 144 valence electrons. The first-order valence-electron chi connectivity index (χ1n) is 8.74. The first-order valence-corrected chi connectivity index (χ1v) is 10.6. The number of aromatic nitrogens is 1. The number of nitrogens with zero attached hydrogens (tertiary/aromatic N) is 2. The molecule has 0 radical (unpaired) electrons. The summed E-state index contributed by atoms with van der Waals surface area (Å²) in [5, 5.41) is 0.0921. The molecule has 0 N–H and O–H groups in total. The van der Waals surface area contributed by atoms with Crippen molar-refractivity contribution < 1.29 is 17.9 Å². The van der Waals surface area contributed by atoms with Crippen LogP contribution in [0.2, 0.25) is 5.02 Å². The molecule has 1 aromatic heterocycles. The van der Waals surface area contributed by atoms with Gasteiger partial charge in [-0.05, 0) is 49.1 Å². The second kappa shape index (κ2) is 8.37. The van der Waals surface area contributed by atoms with Gasteiger partial charge in [-0.15, -0.1) is 0 Å². The molecule has 1 fully saturated rings. The molecule has 2 aromatic rings. The third-order valence-electron chi connectivity index (χ3n) is 4.48. The van der Waals surface area contributed by atoms with Crippen molar-refractivity contribution in [2.75, 3.05) is 13.1 Å². The first kappa shape index (κ1) is 19.8. The van der Waals surface area contributed by atoms with Gasteiger partial charge in [-0.25, -0.2) is 13.2 Å². The van der Waals surface area contributed by atoms with Crippen LogP contribution in [-0.2, 0) is 21.4 Å². The summed E-state index contributed by atoms with van der Waals surface area (Å²) in [7, 11) is -3.77. The van der Waals surface area contributed by atoms with Gasteiger partial charge < -0.3 is 4.74 Å². The molecule has 0 spiro atoms. The predicted molar refractivity (Wildman–Crippen MR) is 102 cm³/mol. The molecule has 1 aliphatic heterocycles. The highest BCUT2D eigenvalue weighted by Crippen LogP contribution is 2.29. The number of sulfonamides is 1. The summed E-state index contributed by atoms with van der Waals surface area (Å²) < 4.78 is 32.6. The van der Waals surface area contributed by atoms with Gasteiger partial charge in [0.25, 0.3) is 0 Å². The summed E-state index contributed by atoms with van der Waals surface area (Å²) in [6, 6.07) is 9.46. The summed E-state index contributed by atoms with van der Waals surface area (Å²) >= 11 is 6.15. The number of piperidine rings is 1. The first-order chi connectivity index (χ1) is 12.9. The van der Waals surface area contributed by atoms with E-state index >= 15 is 0 Å². The van der Waals surface area contributed by atoms with E-state index in [1.54, 1.807) is 24.4 Å². The minimum atomic E-state index is -3.77. The Morgan fingerprint density at radius 2 is 2.15 bits per heavy atom. The second-order valence-corrected chi connectivity index (χ2v) is 8.97. The maximum atomic E-state index is 13.0. The van der Waals surface area contributed by atoms with Crippen molar-refractivity contribution >= 4 is 27.6 Å². The average Bonchev–Trinajstić information content (AvgIpc) is 2.67. The Bertz CT molecular complexity index is 919. The Morgan fingerprint density at radius 1 is 1.33 bits per heavy atom. The SMILES string of the molecule is C[C@H]1CCCN(S(=O)(=O)c2cc(C(=O)OCc3ccccn3)ccc2Cl)C1. The van der Waals surface area contributed by atoms with E-state index in [0.29, 0.717) is 24.7 Å². The Morgan fingerprint density at radius 3 is 2.85 bits per heavy atom. The third-order valence-corrected chi connectivity index (χ3v) is 6.83. The Kier molecular flexibility index (Phi) is 6.14. The number of hydrogen-bond donors (Lipinski definition) is 0. The van der Waals surface area contributed by atoms with Crippen molar-refractivity contribution in [1.82, 2.24) is 9.29 Å². The summed E-state index contributed by atoms with van der Waals surface area (Å²) in [6.45, 7) is 2.94. The molecule has 0 bridgehead atoms. The van der Waals surface area contributed by atoms with Crippen LogP contribution >= 0.6 is 11.6 Å². The van der Waals surface area contributed by atoms with Crippen LogP contribution in [0.1, 0.15) is 35.8 Å². The van der Waals surface area contributed by atoms with Gasteiger partial charge in [-0.3, -0.25) is 4.98 Å². The molecule has 27 heavy (non-hydrogen) atoms. The molecule has 1 aliphatic rings. The lowest BCUT2D eigenvalue weighted by atomic mass is 10.0. The van der Waals surface area contributed by atoms with E-state index in [1.165, 1.54) is 22.5 Å². The van der Waals surface area contributed by atoms with E-state index in [1.807, 2.05) is 6.92 Å². The van der Waals surface area contributed by atoms with E-state index in [-0.39, 0.29) is 22.1 Å². The van der Waals surface area contributed by atoms with Crippen LogP contribution in [0.25, 0.3) is 0 Å². The zero-order chi connectivity index (χ0) is 19.4. The minimum Gasteiger partial charge on any atom is -0.456 e. The van der Waals surface area contributed by atoms with Crippen molar-refractivity contribution in [3.05, 3.63) is 58.9 Å². The zero-order valence-electron chi connectivity index (χ0n) is 15.0. The maximum absolute atomic E-state index is 13.0. The summed E-state index contributed by atoms with van der Waals surface area (Å²) in [6.07, 6.45) is 3.42. The predicted octanol–water partition coefficient (Wildman–Crippen LogP) is 3.51. The highest BCUT2D eigenvalue weighted by molar-refractivity contribution is 7.89. The standard InChI is InChI=1S/C19H21ClN2O4S/c1-14-5-4-10-22(12-14)27(24,25)18-11-15(7-8-17(18)20)19(23)26-13-16-6-2-3-9-21-16/h2-3,6-9,11,14H,4-5,10,12-13H2,1H3/t14-/m0/s1. The molecule has 6 nitrogen and oxygen atoms in total. The summed E-state index contributed by atoms with van der Waals surface area (Å²) in [5.41, 5.74) is 0.744. The minimum absolute atomic E-state index is 0.00796. The highest BCUT2D eigenvalue weighted by atomic mass is 35.5. The summed E-state index contributed by atoms with van der Waals surface area (Å²) in [5.74, 6) is -0.334. The molecule has 1 atom stereocenters. The van der Waals surface area contributed by atoms with E-state index in [4.69, 9.17) is 16.3 Å². The largest absolute Gasteiger partial charge is 0.456 e. The summed E-state index contributed by atoms with van der Waals surface area (Å²) in [4.78, 5) is 16.4. The van der Waals surface area contributed by atoms with E-state index in [0.717, 1.165) is 12.8 Å². The molecule has 0 aliphatic carbocycles. The molecule has 8 heteroatoms. The van der Waals surface area contributed by atoms with Gasteiger partial charge >= 0.3 is 5.97 Å². The lowest BCUT2D eigenvalue weighted by molar-refractivity contribution is 0.0467. The van der Waals surface area contributed by atoms with Gasteiger partial charge in [-0.2, -0.15) is 4.31 Å². The van der Waals surface area contributed by atoms with Crippen LogP contribution in [0.5, 0.6) is 0 Å². The van der Waals surface area contributed by atoms with Crippen LogP contribution < -0.4 is 0 Å². The zero-order valence-corrected chi connectivity index (χ0v) is 16.5. The Hall–Kier alpha value is -1.96. The van der Waals surface area contributed by atoms with Crippen molar-refractivity contribution in [2.45, 2.75) is 31.3 Å². The van der Waals surface area contributed by atoms with E-state index in [2.05, 4.69) is 4.98 Å². The lowest BCUT2D eigenvalue weighted by Gasteiger charge is -2.30. The van der Waals surface area contributed by atoms with Crippen molar-refractivity contribution in [3.8, 4) is 0 Å². The number of ether oxygens (including phenoxy) is 1. The maximum Gasteiger partial charge on any atom is 0.338 e. The van der Waals surface area contributed by atoms with Crippen LogP contribution in [0, 0.1) is 5.92 Å². The fourth-order valence-electron chi connectivity index (χ4n) is 3.04. The van der Waals surface area contributed by atoms with Crippen molar-refractivity contribution in [2.24, 2.45) is 5.92 Å². The molecule has 1 aromatic carbocycles. The van der Waals surface area contributed by atoms with Gasteiger partial charge in [0.05, 0.1) is 16.3 Å². The molecule has 3 rings (SSSR count). The van der Waals surface area contributed by atoms with Crippen LogP contribution in [0.3, 0.4) is 0 Å². The number of carbonyl (C=O) groups is 1. The number of hydrogen-bond acceptors (Lipinski definition) is 5. The number of benzene rings is 1. The van der Waals surface area contributed by atoms with E-state index in [9.17, 15) is 13.2 Å². The normalized spacial score (nSPS) is 18.2. The fourth-order valence-corrected chi connectivity index (χ4v) is 5.14. The highest BCUT2D eigenvalue weighted by Gasteiger charge is 2.31. The van der Waals surface area contributed by atoms with Gasteiger partial charge in [-0.1, -0.05) is 24.6 Å².